The summed E-state index contributed by atoms with van der Waals surface area (Å²) in [5.74, 6) is 0.746. The molecule has 0 saturated carbocycles. The number of anilines is 1. The van der Waals surface area contributed by atoms with Gasteiger partial charge in [-0.15, -0.1) is 0 Å². The molecule has 122 valence electrons. The molecule has 0 fully saturated rings. The predicted octanol–water partition coefficient (Wildman–Crippen LogP) is 4.49. The average Bonchev–Trinajstić information content (AvgIpc) is 2.55. The number of halogens is 1. The van der Waals surface area contributed by atoms with Crippen LogP contribution in [-0.2, 0) is 6.54 Å². The second-order valence-corrected chi connectivity index (χ2v) is 6.13. The number of nitrogens with zero attached hydrogens (tertiary/aromatic N) is 1. The fraction of sp³-hybridized carbons (Fsp3) is 0.368. The maximum atomic E-state index is 13.5. The van der Waals surface area contributed by atoms with Crippen molar-refractivity contribution < 1.29 is 14.2 Å². The normalized spacial score (nSPS) is 15.9. The van der Waals surface area contributed by atoms with Crippen LogP contribution in [0.25, 0.3) is 0 Å². The Morgan fingerprint density at radius 1 is 1.17 bits per heavy atom. The minimum atomic E-state index is -0.253. The highest BCUT2D eigenvalue weighted by Gasteiger charge is 2.37. The Kier molecular flexibility index (Phi) is 4.16. The summed E-state index contributed by atoms with van der Waals surface area (Å²) in [5.41, 5.74) is 1.51. The van der Waals surface area contributed by atoms with Crippen LogP contribution in [-0.4, -0.2) is 17.3 Å². The van der Waals surface area contributed by atoms with Crippen LogP contribution in [0.2, 0.25) is 0 Å². The third-order valence-corrected chi connectivity index (χ3v) is 4.64. The van der Waals surface area contributed by atoms with Crippen molar-refractivity contribution in [3.05, 3.63) is 53.8 Å². The number of hydrogen-bond donors (Lipinski definition) is 1. The summed E-state index contributed by atoms with van der Waals surface area (Å²) in [7, 11) is 0. The summed E-state index contributed by atoms with van der Waals surface area (Å²) in [6.07, 6.45) is 1.78. The van der Waals surface area contributed by atoms with E-state index in [4.69, 9.17) is 4.74 Å². The lowest BCUT2D eigenvalue weighted by molar-refractivity contribution is 0.0569. The average molecular weight is 315 g/mol. The summed E-state index contributed by atoms with van der Waals surface area (Å²) in [5, 5.41) is 9.82. The summed E-state index contributed by atoms with van der Waals surface area (Å²) in [6, 6.07) is 11.8. The van der Waals surface area contributed by atoms with Crippen LogP contribution in [0.3, 0.4) is 0 Å². The van der Waals surface area contributed by atoms with Gasteiger partial charge in [0.25, 0.3) is 0 Å². The molecule has 0 unspecified atom stereocenters. The van der Waals surface area contributed by atoms with Gasteiger partial charge in [0.2, 0.25) is 0 Å². The standard InChI is InChI=1S/C19H22FNO2/c1-3-19(4-2)13-21(12-14-6-5-7-15(20)10-14)17-11-16(22)8-9-18(17)23-19/h5-11,22H,3-4,12-13H2,1-2H3. The Morgan fingerprint density at radius 3 is 2.65 bits per heavy atom. The molecular weight excluding hydrogens is 293 g/mol. The summed E-state index contributed by atoms with van der Waals surface area (Å²) in [4.78, 5) is 2.17. The van der Waals surface area contributed by atoms with Gasteiger partial charge in [0.05, 0.1) is 12.2 Å². The first-order valence-corrected chi connectivity index (χ1v) is 8.06. The number of benzene rings is 2. The molecule has 2 aromatic carbocycles. The molecule has 0 spiro atoms. The first kappa shape index (κ1) is 15.7. The van der Waals surface area contributed by atoms with E-state index < -0.39 is 0 Å². The van der Waals surface area contributed by atoms with Crippen molar-refractivity contribution in [3.8, 4) is 11.5 Å². The van der Waals surface area contributed by atoms with Gasteiger partial charge >= 0.3 is 0 Å². The van der Waals surface area contributed by atoms with E-state index in [1.807, 2.05) is 12.1 Å². The van der Waals surface area contributed by atoms with Gasteiger partial charge in [-0.25, -0.2) is 4.39 Å². The quantitative estimate of drug-likeness (QED) is 0.902. The molecule has 0 saturated heterocycles. The lowest BCUT2D eigenvalue weighted by Crippen LogP contribution is -2.50. The van der Waals surface area contributed by atoms with Crippen LogP contribution in [0.5, 0.6) is 11.5 Å². The molecule has 1 N–H and O–H groups in total. The molecule has 2 aromatic rings. The molecule has 4 heteroatoms. The molecule has 0 aromatic heterocycles. The van der Waals surface area contributed by atoms with Crippen molar-refractivity contribution >= 4 is 5.69 Å². The highest BCUT2D eigenvalue weighted by atomic mass is 19.1. The highest BCUT2D eigenvalue weighted by molar-refractivity contribution is 5.63. The van der Waals surface area contributed by atoms with Gasteiger partial charge in [0.15, 0.2) is 0 Å². The highest BCUT2D eigenvalue weighted by Crippen LogP contribution is 2.42. The maximum Gasteiger partial charge on any atom is 0.143 e. The van der Waals surface area contributed by atoms with E-state index in [-0.39, 0.29) is 17.2 Å². The number of phenolic OH excluding ortho intramolecular Hbond substituents is 1. The predicted molar refractivity (Wildman–Crippen MR) is 89.5 cm³/mol. The largest absolute Gasteiger partial charge is 0.508 e. The molecule has 0 radical (unpaired) electrons. The Hall–Kier alpha value is -2.23. The molecule has 1 heterocycles. The number of fused-ring (bicyclic) bond motifs is 1. The number of phenols is 1. The molecule has 3 nitrogen and oxygen atoms in total. The SMILES string of the molecule is CCC1(CC)CN(Cc2cccc(F)c2)c2cc(O)ccc2O1. The molecule has 1 aliphatic heterocycles. The van der Waals surface area contributed by atoms with Gasteiger partial charge < -0.3 is 14.7 Å². The van der Waals surface area contributed by atoms with Gasteiger partial charge in [-0.2, -0.15) is 0 Å². The number of aromatic hydroxyl groups is 1. The van der Waals surface area contributed by atoms with Gasteiger partial charge in [0.1, 0.15) is 22.9 Å². The molecule has 3 rings (SSSR count). The monoisotopic (exact) mass is 315 g/mol. The van der Waals surface area contributed by atoms with Crippen molar-refractivity contribution in [2.75, 3.05) is 11.4 Å². The Labute approximate surface area is 136 Å². The molecular formula is C19H22FNO2. The molecule has 0 atom stereocenters. The third-order valence-electron chi connectivity index (χ3n) is 4.64. The first-order chi connectivity index (χ1) is 11.0. The van der Waals surface area contributed by atoms with Gasteiger partial charge in [0, 0.05) is 12.6 Å². The molecule has 23 heavy (non-hydrogen) atoms. The number of ether oxygens (including phenoxy) is 1. The minimum absolute atomic E-state index is 0.206. The lowest BCUT2D eigenvalue weighted by atomic mass is 9.93. The van der Waals surface area contributed by atoms with Crippen molar-refractivity contribution in [1.82, 2.24) is 0 Å². The topological polar surface area (TPSA) is 32.7 Å². The Balaban J connectivity index is 1.98. The van der Waals surface area contributed by atoms with Crippen LogP contribution in [0.4, 0.5) is 10.1 Å². The zero-order valence-corrected chi connectivity index (χ0v) is 13.6. The van der Waals surface area contributed by atoms with E-state index in [1.165, 1.54) is 6.07 Å². The smallest absolute Gasteiger partial charge is 0.143 e. The van der Waals surface area contributed by atoms with Gasteiger partial charge in [-0.1, -0.05) is 26.0 Å². The Bertz CT molecular complexity index is 698. The first-order valence-electron chi connectivity index (χ1n) is 8.06. The second kappa shape index (κ2) is 6.11. The van der Waals surface area contributed by atoms with Crippen LogP contribution in [0, 0.1) is 5.82 Å². The van der Waals surface area contributed by atoms with Gasteiger partial charge in [-0.3, -0.25) is 0 Å². The van der Waals surface area contributed by atoms with E-state index in [1.54, 1.807) is 24.3 Å². The van der Waals surface area contributed by atoms with Crippen LogP contribution < -0.4 is 9.64 Å². The molecule has 1 aliphatic rings. The number of hydrogen-bond acceptors (Lipinski definition) is 3. The van der Waals surface area contributed by atoms with E-state index in [0.29, 0.717) is 13.1 Å². The maximum absolute atomic E-state index is 13.5. The summed E-state index contributed by atoms with van der Waals surface area (Å²) in [6.45, 7) is 5.54. The van der Waals surface area contributed by atoms with Crippen LogP contribution in [0.1, 0.15) is 32.3 Å². The second-order valence-electron chi connectivity index (χ2n) is 6.13. The Morgan fingerprint density at radius 2 is 1.96 bits per heavy atom. The minimum Gasteiger partial charge on any atom is -0.508 e. The fourth-order valence-corrected chi connectivity index (χ4v) is 3.15. The summed E-state index contributed by atoms with van der Waals surface area (Å²) >= 11 is 0. The van der Waals surface area contributed by atoms with Crippen molar-refractivity contribution in [3.63, 3.8) is 0 Å². The van der Waals surface area contributed by atoms with Crippen molar-refractivity contribution in [2.45, 2.75) is 38.8 Å². The van der Waals surface area contributed by atoms with E-state index in [0.717, 1.165) is 29.8 Å². The third kappa shape index (κ3) is 3.11. The zero-order chi connectivity index (χ0) is 16.4. The van der Waals surface area contributed by atoms with Crippen LogP contribution >= 0.6 is 0 Å². The van der Waals surface area contributed by atoms with E-state index in [2.05, 4.69) is 18.7 Å². The van der Waals surface area contributed by atoms with Crippen LogP contribution in [0.15, 0.2) is 42.5 Å². The fourth-order valence-electron chi connectivity index (χ4n) is 3.15. The van der Waals surface area contributed by atoms with Crippen molar-refractivity contribution in [2.24, 2.45) is 0 Å². The molecule has 0 bridgehead atoms. The van der Waals surface area contributed by atoms with E-state index in [9.17, 15) is 9.50 Å². The van der Waals surface area contributed by atoms with Gasteiger partial charge in [-0.05, 0) is 42.7 Å². The lowest BCUT2D eigenvalue weighted by Gasteiger charge is -2.44. The van der Waals surface area contributed by atoms with Crippen molar-refractivity contribution in [1.29, 1.82) is 0 Å². The molecule has 0 amide bonds. The summed E-state index contributed by atoms with van der Waals surface area (Å²) < 4.78 is 19.7. The molecule has 0 aliphatic carbocycles. The van der Waals surface area contributed by atoms with E-state index >= 15 is 0 Å². The zero-order valence-electron chi connectivity index (χ0n) is 13.6. The number of rotatable bonds is 4.